The Hall–Kier alpha value is -1.11. The molecule has 0 N–H and O–H groups in total. The fourth-order valence-corrected chi connectivity index (χ4v) is 1.41. The number of hydrogen-bond acceptors (Lipinski definition) is 3. The molecule has 0 unspecified atom stereocenters. The third-order valence-electron chi connectivity index (χ3n) is 1.60. The van der Waals surface area contributed by atoms with E-state index in [0.29, 0.717) is 0 Å². The number of carbonyl (C=O) groups excluding carboxylic acids is 1. The maximum absolute atomic E-state index is 12.4. The fraction of sp³-hybridized carbons (Fsp3) is 0.333. The normalized spacial score (nSPS) is 11.3. The van der Waals surface area contributed by atoms with Crippen molar-refractivity contribution in [2.75, 3.05) is 6.61 Å². The minimum Gasteiger partial charge on any atom is -0.461 e. The Morgan fingerprint density at radius 1 is 1.50 bits per heavy atom. The first-order chi connectivity index (χ1) is 7.36. The minimum atomic E-state index is -4.61. The van der Waals surface area contributed by atoms with Crippen molar-refractivity contribution in [1.29, 1.82) is 0 Å². The summed E-state index contributed by atoms with van der Waals surface area (Å²) in [6, 6.07) is 2.28. The molecule has 7 heteroatoms. The summed E-state index contributed by atoms with van der Waals surface area (Å²) in [7, 11) is 0. The van der Waals surface area contributed by atoms with E-state index in [1.165, 1.54) is 0 Å². The highest BCUT2D eigenvalue weighted by Gasteiger charge is 2.35. The predicted octanol–water partition coefficient (Wildman–Crippen LogP) is 3.04. The summed E-state index contributed by atoms with van der Waals surface area (Å²) in [6.07, 6.45) is -4.61. The van der Waals surface area contributed by atoms with Crippen molar-refractivity contribution in [3.63, 3.8) is 0 Å². The zero-order valence-corrected chi connectivity index (χ0v) is 9.72. The lowest BCUT2D eigenvalue weighted by atomic mass is 10.3. The molecule has 0 atom stereocenters. The molecule has 88 valence electrons. The van der Waals surface area contributed by atoms with Gasteiger partial charge in [-0.3, -0.25) is 0 Å². The highest BCUT2D eigenvalue weighted by atomic mass is 79.9. The number of rotatable bonds is 2. The molecule has 0 aromatic carbocycles. The Morgan fingerprint density at radius 3 is 2.62 bits per heavy atom. The van der Waals surface area contributed by atoms with Crippen LogP contribution in [-0.4, -0.2) is 17.6 Å². The molecule has 3 nitrogen and oxygen atoms in total. The van der Waals surface area contributed by atoms with Crippen molar-refractivity contribution in [2.24, 2.45) is 0 Å². The van der Waals surface area contributed by atoms with Gasteiger partial charge in [0.2, 0.25) is 0 Å². The second kappa shape index (κ2) is 4.82. The summed E-state index contributed by atoms with van der Waals surface area (Å²) in [5.74, 6) is -0.875. The quantitative estimate of drug-likeness (QED) is 0.788. The zero-order chi connectivity index (χ0) is 12.3. The van der Waals surface area contributed by atoms with Crippen LogP contribution in [0.2, 0.25) is 0 Å². The van der Waals surface area contributed by atoms with E-state index < -0.39 is 17.8 Å². The average Bonchev–Trinajstić information content (AvgIpc) is 2.16. The lowest BCUT2D eigenvalue weighted by Crippen LogP contribution is -2.14. The SMILES string of the molecule is CCOC(=O)c1ccc(Br)c(C(F)(F)F)n1. The molecule has 1 aromatic rings. The van der Waals surface area contributed by atoms with Gasteiger partial charge in [-0.15, -0.1) is 0 Å². The second-order valence-corrected chi connectivity index (χ2v) is 3.60. The Balaban J connectivity index is 3.13. The summed E-state index contributed by atoms with van der Waals surface area (Å²) in [5.41, 5.74) is -1.50. The van der Waals surface area contributed by atoms with Crippen molar-refractivity contribution < 1.29 is 22.7 Å². The summed E-state index contributed by atoms with van der Waals surface area (Å²) in [5, 5.41) is 0. The molecule has 0 spiro atoms. The molecule has 0 amide bonds. The van der Waals surface area contributed by atoms with Gasteiger partial charge in [-0.05, 0) is 35.0 Å². The van der Waals surface area contributed by atoms with E-state index >= 15 is 0 Å². The number of aromatic nitrogens is 1. The van der Waals surface area contributed by atoms with Crippen LogP contribution in [0.5, 0.6) is 0 Å². The number of hydrogen-bond donors (Lipinski definition) is 0. The zero-order valence-electron chi connectivity index (χ0n) is 8.14. The van der Waals surface area contributed by atoms with Crippen LogP contribution in [0.3, 0.4) is 0 Å². The maximum Gasteiger partial charge on any atom is 0.434 e. The van der Waals surface area contributed by atoms with Gasteiger partial charge in [0.05, 0.1) is 6.61 Å². The van der Waals surface area contributed by atoms with Crippen LogP contribution >= 0.6 is 15.9 Å². The number of ether oxygens (including phenoxy) is 1. The lowest BCUT2D eigenvalue weighted by molar-refractivity contribution is -0.141. The Morgan fingerprint density at radius 2 is 2.12 bits per heavy atom. The summed E-state index contributed by atoms with van der Waals surface area (Å²) >= 11 is 2.72. The number of alkyl halides is 3. The summed E-state index contributed by atoms with van der Waals surface area (Å²) in [4.78, 5) is 14.4. The van der Waals surface area contributed by atoms with E-state index in [2.05, 4.69) is 25.7 Å². The van der Waals surface area contributed by atoms with E-state index in [-0.39, 0.29) is 16.8 Å². The smallest absolute Gasteiger partial charge is 0.434 e. The number of nitrogens with zero attached hydrogens (tertiary/aromatic N) is 1. The molecule has 0 saturated carbocycles. The van der Waals surface area contributed by atoms with Crippen LogP contribution < -0.4 is 0 Å². The molecule has 1 heterocycles. The number of esters is 1. The van der Waals surface area contributed by atoms with Gasteiger partial charge < -0.3 is 4.74 Å². The van der Waals surface area contributed by atoms with Gasteiger partial charge in [-0.25, -0.2) is 9.78 Å². The molecule has 0 aliphatic carbocycles. The molecule has 0 saturated heterocycles. The molecule has 16 heavy (non-hydrogen) atoms. The average molecular weight is 298 g/mol. The molecule has 0 bridgehead atoms. The number of halogens is 4. The minimum absolute atomic E-state index is 0.0813. The molecule has 0 radical (unpaired) electrons. The van der Waals surface area contributed by atoms with Crippen LogP contribution in [0.1, 0.15) is 23.1 Å². The van der Waals surface area contributed by atoms with E-state index in [4.69, 9.17) is 0 Å². The molecule has 0 aliphatic rings. The predicted molar refractivity (Wildman–Crippen MR) is 52.9 cm³/mol. The van der Waals surface area contributed by atoms with E-state index in [1.54, 1.807) is 6.92 Å². The van der Waals surface area contributed by atoms with Gasteiger partial charge in [0.1, 0.15) is 5.69 Å². The second-order valence-electron chi connectivity index (χ2n) is 2.75. The molecule has 0 aliphatic heterocycles. The van der Waals surface area contributed by atoms with Gasteiger partial charge in [-0.1, -0.05) is 0 Å². The van der Waals surface area contributed by atoms with E-state index in [1.807, 2.05) is 0 Å². The fourth-order valence-electron chi connectivity index (χ4n) is 0.960. The topological polar surface area (TPSA) is 39.2 Å². The van der Waals surface area contributed by atoms with Crippen LogP contribution in [0, 0.1) is 0 Å². The van der Waals surface area contributed by atoms with Crippen LogP contribution in [0.4, 0.5) is 13.2 Å². The molecule has 1 aromatic heterocycles. The third kappa shape index (κ3) is 2.94. The van der Waals surface area contributed by atoms with Crippen LogP contribution in [0.25, 0.3) is 0 Å². The van der Waals surface area contributed by atoms with Gasteiger partial charge in [0.25, 0.3) is 0 Å². The van der Waals surface area contributed by atoms with Gasteiger partial charge in [-0.2, -0.15) is 13.2 Å². The van der Waals surface area contributed by atoms with Crippen molar-refractivity contribution in [1.82, 2.24) is 4.98 Å². The summed E-state index contributed by atoms with van der Waals surface area (Å²) < 4.78 is 41.6. The Bertz CT molecular complexity index is 406. The summed E-state index contributed by atoms with van der Waals surface area (Å²) in [6.45, 7) is 1.64. The van der Waals surface area contributed by atoms with Crippen molar-refractivity contribution in [3.05, 3.63) is 28.0 Å². The first-order valence-electron chi connectivity index (χ1n) is 4.27. The van der Waals surface area contributed by atoms with Crippen molar-refractivity contribution in [2.45, 2.75) is 13.1 Å². The third-order valence-corrected chi connectivity index (χ3v) is 2.24. The Labute approximate surface area is 97.8 Å². The molecular formula is C9H7BrF3NO2. The first kappa shape index (κ1) is 13.0. The van der Waals surface area contributed by atoms with Crippen molar-refractivity contribution in [3.8, 4) is 0 Å². The van der Waals surface area contributed by atoms with Gasteiger partial charge in [0, 0.05) is 4.47 Å². The molecule has 0 fully saturated rings. The van der Waals surface area contributed by atoms with Crippen molar-refractivity contribution >= 4 is 21.9 Å². The van der Waals surface area contributed by atoms with E-state index in [9.17, 15) is 18.0 Å². The molecule has 1 rings (SSSR count). The van der Waals surface area contributed by atoms with Gasteiger partial charge in [0.15, 0.2) is 5.69 Å². The monoisotopic (exact) mass is 297 g/mol. The standard InChI is InChI=1S/C9H7BrF3NO2/c1-2-16-8(15)6-4-3-5(10)7(14-6)9(11,12)13/h3-4H,2H2,1H3. The highest BCUT2D eigenvalue weighted by Crippen LogP contribution is 2.33. The van der Waals surface area contributed by atoms with E-state index in [0.717, 1.165) is 12.1 Å². The van der Waals surface area contributed by atoms with Gasteiger partial charge >= 0.3 is 12.1 Å². The van der Waals surface area contributed by atoms with Crippen LogP contribution in [0.15, 0.2) is 16.6 Å². The van der Waals surface area contributed by atoms with Crippen LogP contribution in [-0.2, 0) is 10.9 Å². The first-order valence-corrected chi connectivity index (χ1v) is 5.06. The highest BCUT2D eigenvalue weighted by molar-refractivity contribution is 9.10. The lowest BCUT2D eigenvalue weighted by Gasteiger charge is -2.09. The number of pyridine rings is 1. The maximum atomic E-state index is 12.4. The molecular weight excluding hydrogens is 291 g/mol. The Kier molecular flexibility index (Phi) is 3.90. The largest absolute Gasteiger partial charge is 0.461 e. The number of carbonyl (C=O) groups is 1.